The largest absolute Gasteiger partial charge is 0.508 e. The van der Waals surface area contributed by atoms with E-state index in [2.05, 4.69) is 11.8 Å². The molecule has 0 saturated carbocycles. The van der Waals surface area contributed by atoms with Crippen LogP contribution in [0.2, 0.25) is 0 Å². The van der Waals surface area contributed by atoms with E-state index >= 15 is 0 Å². The number of benzene rings is 1. The highest BCUT2D eigenvalue weighted by Crippen LogP contribution is 2.27. The molecule has 0 bridgehead atoms. The van der Waals surface area contributed by atoms with Gasteiger partial charge in [0.15, 0.2) is 0 Å². The lowest BCUT2D eigenvalue weighted by Gasteiger charge is -2.40. The molecular formula is C14H21FN2O. The van der Waals surface area contributed by atoms with E-state index in [0.717, 1.165) is 12.8 Å². The van der Waals surface area contributed by atoms with Crippen molar-refractivity contribution in [2.24, 2.45) is 5.73 Å². The van der Waals surface area contributed by atoms with Crippen LogP contribution in [-0.4, -0.2) is 28.6 Å². The zero-order valence-corrected chi connectivity index (χ0v) is 10.8. The van der Waals surface area contributed by atoms with Gasteiger partial charge < -0.3 is 10.8 Å². The van der Waals surface area contributed by atoms with Gasteiger partial charge in [0.1, 0.15) is 11.6 Å². The van der Waals surface area contributed by atoms with Gasteiger partial charge in [-0.25, -0.2) is 4.39 Å². The summed E-state index contributed by atoms with van der Waals surface area (Å²) < 4.78 is 13.2. The molecule has 3 nitrogen and oxygen atoms in total. The number of phenolic OH excluding ortho intramolecular Hbond substituents is 1. The van der Waals surface area contributed by atoms with Crippen LogP contribution in [0.15, 0.2) is 18.2 Å². The molecule has 2 rings (SSSR count). The molecule has 1 aliphatic rings. The molecule has 0 aromatic heterocycles. The van der Waals surface area contributed by atoms with Crippen molar-refractivity contribution in [1.82, 2.24) is 4.90 Å². The van der Waals surface area contributed by atoms with Gasteiger partial charge in [-0.3, -0.25) is 4.90 Å². The fraction of sp³-hybridized carbons (Fsp3) is 0.571. The minimum absolute atomic E-state index is 0.157. The van der Waals surface area contributed by atoms with Gasteiger partial charge in [0.2, 0.25) is 0 Å². The second kappa shape index (κ2) is 5.67. The maximum atomic E-state index is 13.2. The highest BCUT2D eigenvalue weighted by atomic mass is 19.1. The van der Waals surface area contributed by atoms with Gasteiger partial charge in [-0.05, 0) is 38.0 Å². The van der Waals surface area contributed by atoms with Gasteiger partial charge in [-0.1, -0.05) is 6.42 Å². The van der Waals surface area contributed by atoms with Crippen molar-refractivity contribution in [3.05, 3.63) is 29.6 Å². The van der Waals surface area contributed by atoms with Crippen LogP contribution >= 0.6 is 0 Å². The number of phenols is 1. The SMILES string of the molecule is CC1CCCC(CN)N1Cc1cc(F)ccc1O. The predicted molar refractivity (Wildman–Crippen MR) is 69.8 cm³/mol. The van der Waals surface area contributed by atoms with Gasteiger partial charge in [0, 0.05) is 30.7 Å². The van der Waals surface area contributed by atoms with Crippen LogP contribution in [-0.2, 0) is 6.54 Å². The number of nitrogens with two attached hydrogens (primary N) is 1. The molecule has 1 fully saturated rings. The van der Waals surface area contributed by atoms with E-state index in [-0.39, 0.29) is 11.6 Å². The summed E-state index contributed by atoms with van der Waals surface area (Å²) in [4.78, 5) is 2.28. The van der Waals surface area contributed by atoms with E-state index in [1.807, 2.05) is 0 Å². The normalized spacial score (nSPS) is 25.3. The summed E-state index contributed by atoms with van der Waals surface area (Å²) in [6, 6.07) is 4.85. The summed E-state index contributed by atoms with van der Waals surface area (Å²) in [5.74, 6) is -0.151. The van der Waals surface area contributed by atoms with Crippen molar-refractivity contribution in [2.75, 3.05) is 6.54 Å². The molecule has 18 heavy (non-hydrogen) atoms. The Labute approximate surface area is 107 Å². The fourth-order valence-electron chi connectivity index (χ4n) is 2.76. The summed E-state index contributed by atoms with van der Waals surface area (Å²) in [6.45, 7) is 3.34. The Morgan fingerprint density at radius 1 is 1.44 bits per heavy atom. The Balaban J connectivity index is 2.17. The average Bonchev–Trinajstić information content (AvgIpc) is 2.36. The smallest absolute Gasteiger partial charge is 0.123 e. The molecule has 2 unspecified atom stereocenters. The fourth-order valence-corrected chi connectivity index (χ4v) is 2.76. The molecule has 1 aromatic carbocycles. The van der Waals surface area contributed by atoms with Crippen LogP contribution in [0.5, 0.6) is 5.75 Å². The first-order valence-electron chi connectivity index (χ1n) is 6.55. The third-order valence-electron chi connectivity index (χ3n) is 3.86. The van der Waals surface area contributed by atoms with Crippen molar-refractivity contribution < 1.29 is 9.50 Å². The van der Waals surface area contributed by atoms with Crippen LogP contribution in [0, 0.1) is 5.82 Å². The molecule has 0 spiro atoms. The molecule has 1 aliphatic heterocycles. The highest BCUT2D eigenvalue weighted by Gasteiger charge is 2.27. The van der Waals surface area contributed by atoms with Gasteiger partial charge in [-0.2, -0.15) is 0 Å². The van der Waals surface area contributed by atoms with E-state index in [1.165, 1.54) is 24.6 Å². The van der Waals surface area contributed by atoms with Gasteiger partial charge >= 0.3 is 0 Å². The Kier molecular flexibility index (Phi) is 4.19. The molecule has 0 aliphatic carbocycles. The molecule has 1 heterocycles. The number of nitrogens with zero attached hydrogens (tertiary/aromatic N) is 1. The summed E-state index contributed by atoms with van der Waals surface area (Å²) >= 11 is 0. The van der Waals surface area contributed by atoms with Crippen LogP contribution in [0.25, 0.3) is 0 Å². The third-order valence-corrected chi connectivity index (χ3v) is 3.86. The van der Waals surface area contributed by atoms with Gasteiger partial charge in [-0.15, -0.1) is 0 Å². The Bertz CT molecular complexity index is 411. The molecular weight excluding hydrogens is 231 g/mol. The van der Waals surface area contributed by atoms with Gasteiger partial charge in [0.05, 0.1) is 0 Å². The van der Waals surface area contributed by atoms with E-state index < -0.39 is 0 Å². The lowest BCUT2D eigenvalue weighted by Crippen LogP contribution is -2.48. The Hall–Kier alpha value is -1.13. The minimum atomic E-state index is -0.309. The summed E-state index contributed by atoms with van der Waals surface area (Å²) in [5.41, 5.74) is 6.44. The highest BCUT2D eigenvalue weighted by molar-refractivity contribution is 5.32. The van der Waals surface area contributed by atoms with Crippen molar-refractivity contribution in [2.45, 2.75) is 44.8 Å². The number of rotatable bonds is 3. The first-order chi connectivity index (χ1) is 8.61. The monoisotopic (exact) mass is 252 g/mol. The summed E-state index contributed by atoms with van der Waals surface area (Å²) in [6.07, 6.45) is 3.40. The van der Waals surface area contributed by atoms with E-state index in [1.54, 1.807) is 0 Å². The molecule has 4 heteroatoms. The number of likely N-dealkylation sites (tertiary alicyclic amines) is 1. The van der Waals surface area contributed by atoms with Crippen LogP contribution < -0.4 is 5.73 Å². The van der Waals surface area contributed by atoms with E-state index in [4.69, 9.17) is 5.73 Å². The van der Waals surface area contributed by atoms with E-state index in [9.17, 15) is 9.50 Å². The van der Waals surface area contributed by atoms with Crippen LogP contribution in [0.4, 0.5) is 4.39 Å². The van der Waals surface area contributed by atoms with Crippen LogP contribution in [0.3, 0.4) is 0 Å². The standard InChI is InChI=1S/C14H21FN2O/c1-10-3-2-4-13(8-16)17(10)9-11-7-12(15)5-6-14(11)18/h5-7,10,13,18H,2-4,8-9,16H2,1H3. The molecule has 2 atom stereocenters. The van der Waals surface area contributed by atoms with Crippen LogP contribution in [0.1, 0.15) is 31.7 Å². The maximum absolute atomic E-state index is 13.2. The van der Waals surface area contributed by atoms with Crippen molar-refractivity contribution in [3.8, 4) is 5.75 Å². The maximum Gasteiger partial charge on any atom is 0.123 e. The van der Waals surface area contributed by atoms with Crippen molar-refractivity contribution in [3.63, 3.8) is 0 Å². The number of piperidine rings is 1. The lowest BCUT2D eigenvalue weighted by molar-refractivity contribution is 0.0882. The number of halogens is 1. The number of hydrogen-bond donors (Lipinski definition) is 2. The quantitative estimate of drug-likeness (QED) is 0.867. The first kappa shape index (κ1) is 13.3. The van der Waals surface area contributed by atoms with Crippen molar-refractivity contribution >= 4 is 0 Å². The molecule has 1 aromatic rings. The average molecular weight is 252 g/mol. The van der Waals surface area contributed by atoms with Crippen molar-refractivity contribution in [1.29, 1.82) is 0 Å². The third kappa shape index (κ3) is 2.82. The molecule has 100 valence electrons. The predicted octanol–water partition coefficient (Wildman–Crippen LogP) is 2.23. The number of hydrogen-bond acceptors (Lipinski definition) is 3. The summed E-state index contributed by atoms with van der Waals surface area (Å²) in [5, 5.41) is 9.79. The zero-order valence-electron chi connectivity index (χ0n) is 10.8. The van der Waals surface area contributed by atoms with E-state index in [0.29, 0.717) is 30.7 Å². The topological polar surface area (TPSA) is 49.5 Å². The molecule has 3 N–H and O–H groups in total. The number of aromatic hydroxyl groups is 1. The summed E-state index contributed by atoms with van der Waals surface area (Å²) in [7, 11) is 0. The molecule has 1 saturated heterocycles. The van der Waals surface area contributed by atoms with Gasteiger partial charge in [0.25, 0.3) is 0 Å². The second-order valence-corrected chi connectivity index (χ2v) is 5.11. The first-order valence-corrected chi connectivity index (χ1v) is 6.55. The second-order valence-electron chi connectivity index (χ2n) is 5.11. The Morgan fingerprint density at radius 2 is 2.22 bits per heavy atom. The Morgan fingerprint density at radius 3 is 2.94 bits per heavy atom. The zero-order chi connectivity index (χ0) is 13.1. The molecule has 0 amide bonds. The minimum Gasteiger partial charge on any atom is -0.508 e. The lowest BCUT2D eigenvalue weighted by atomic mass is 9.95. The molecule has 0 radical (unpaired) electrons.